The average Bonchev–Trinajstić information content (AvgIpc) is 3.41. The molecule has 1 aliphatic carbocycles. The van der Waals surface area contributed by atoms with Crippen molar-refractivity contribution in [3.8, 4) is 0 Å². The van der Waals surface area contributed by atoms with E-state index in [2.05, 4.69) is 10.6 Å². The molecule has 0 saturated heterocycles. The minimum absolute atomic E-state index is 0.00638. The normalized spacial score (nSPS) is 18.5. The highest BCUT2D eigenvalue weighted by atomic mass is 35.5. The largest absolute Gasteiger partial charge is 0.352 e. The van der Waals surface area contributed by atoms with Crippen LogP contribution in [0.4, 0.5) is 5.69 Å². The molecule has 25 heavy (non-hydrogen) atoms. The van der Waals surface area contributed by atoms with E-state index in [0.717, 1.165) is 18.4 Å². The van der Waals surface area contributed by atoms with E-state index in [0.29, 0.717) is 22.8 Å². The van der Waals surface area contributed by atoms with Crippen molar-refractivity contribution >= 4 is 29.1 Å². The molecule has 0 aromatic heterocycles. The summed E-state index contributed by atoms with van der Waals surface area (Å²) in [7, 11) is 0. The van der Waals surface area contributed by atoms with Crippen molar-refractivity contribution in [1.29, 1.82) is 0 Å². The van der Waals surface area contributed by atoms with Gasteiger partial charge in [-0.2, -0.15) is 0 Å². The van der Waals surface area contributed by atoms with Crippen LogP contribution < -0.4 is 10.6 Å². The van der Waals surface area contributed by atoms with Crippen LogP contribution in [0.25, 0.3) is 0 Å². The molecule has 2 amide bonds. The van der Waals surface area contributed by atoms with Crippen LogP contribution >= 0.6 is 11.6 Å². The van der Waals surface area contributed by atoms with Gasteiger partial charge in [0.1, 0.15) is 0 Å². The lowest BCUT2D eigenvalue weighted by Crippen LogP contribution is -2.23. The molecule has 1 aliphatic rings. The van der Waals surface area contributed by atoms with Crippen LogP contribution in [-0.4, -0.2) is 18.4 Å². The zero-order valence-corrected chi connectivity index (χ0v) is 14.8. The first kappa shape index (κ1) is 17.5. The van der Waals surface area contributed by atoms with E-state index in [-0.39, 0.29) is 23.7 Å². The lowest BCUT2D eigenvalue weighted by Gasteiger charge is -2.07. The van der Waals surface area contributed by atoms with Crippen molar-refractivity contribution in [2.45, 2.75) is 25.7 Å². The second-order valence-corrected chi connectivity index (χ2v) is 6.70. The van der Waals surface area contributed by atoms with Gasteiger partial charge in [-0.1, -0.05) is 36.7 Å². The molecule has 1 fully saturated rings. The number of hydrogen-bond acceptors (Lipinski definition) is 2. The fraction of sp³-hybridized carbons (Fsp3) is 0.300. The topological polar surface area (TPSA) is 58.2 Å². The SMILES string of the molecule is CCCNC(=O)c1ccc(NC(=O)C2CC2c2ccccc2Cl)cc1. The van der Waals surface area contributed by atoms with Crippen LogP contribution in [0.5, 0.6) is 0 Å². The summed E-state index contributed by atoms with van der Waals surface area (Å²) in [5.41, 5.74) is 2.32. The van der Waals surface area contributed by atoms with Crippen LogP contribution in [0.2, 0.25) is 5.02 Å². The Kier molecular flexibility index (Phi) is 5.39. The zero-order chi connectivity index (χ0) is 17.8. The molecule has 1 saturated carbocycles. The molecule has 0 aliphatic heterocycles. The maximum atomic E-state index is 12.4. The predicted octanol–water partition coefficient (Wildman–Crippen LogP) is 4.22. The lowest BCUT2D eigenvalue weighted by atomic mass is 10.1. The van der Waals surface area contributed by atoms with Crippen LogP contribution in [0.1, 0.15) is 41.6 Å². The number of halogens is 1. The molecular formula is C20H21ClN2O2. The van der Waals surface area contributed by atoms with Crippen molar-refractivity contribution in [3.63, 3.8) is 0 Å². The molecule has 2 unspecified atom stereocenters. The summed E-state index contributed by atoms with van der Waals surface area (Å²) in [5.74, 6) is 0.0361. The highest BCUT2D eigenvalue weighted by molar-refractivity contribution is 6.31. The van der Waals surface area contributed by atoms with Gasteiger partial charge in [0.15, 0.2) is 0 Å². The molecule has 130 valence electrons. The first-order chi connectivity index (χ1) is 12.1. The minimum atomic E-state index is -0.0966. The molecule has 5 heteroatoms. The molecular weight excluding hydrogens is 336 g/mol. The van der Waals surface area contributed by atoms with Gasteiger partial charge in [-0.15, -0.1) is 0 Å². The van der Waals surface area contributed by atoms with Crippen LogP contribution in [0.15, 0.2) is 48.5 Å². The Morgan fingerprint density at radius 2 is 1.84 bits per heavy atom. The van der Waals surface area contributed by atoms with Gasteiger partial charge in [0.05, 0.1) is 0 Å². The number of carbonyl (C=O) groups is 2. The Morgan fingerprint density at radius 3 is 2.52 bits per heavy atom. The van der Waals surface area contributed by atoms with Crippen molar-refractivity contribution in [2.75, 3.05) is 11.9 Å². The second kappa shape index (κ2) is 7.70. The van der Waals surface area contributed by atoms with Gasteiger partial charge >= 0.3 is 0 Å². The summed E-state index contributed by atoms with van der Waals surface area (Å²) in [5, 5.41) is 6.46. The summed E-state index contributed by atoms with van der Waals surface area (Å²) in [6.07, 6.45) is 1.71. The van der Waals surface area contributed by atoms with Crippen molar-refractivity contribution in [2.24, 2.45) is 5.92 Å². The Balaban J connectivity index is 1.57. The molecule has 2 atom stereocenters. The first-order valence-electron chi connectivity index (χ1n) is 8.53. The number of amides is 2. The van der Waals surface area contributed by atoms with E-state index in [1.165, 1.54) is 0 Å². The number of carbonyl (C=O) groups excluding carboxylic acids is 2. The summed E-state index contributed by atoms with van der Waals surface area (Å²) in [4.78, 5) is 24.3. The fourth-order valence-corrected chi connectivity index (χ4v) is 3.16. The lowest BCUT2D eigenvalue weighted by molar-refractivity contribution is -0.117. The number of anilines is 1. The van der Waals surface area contributed by atoms with E-state index < -0.39 is 0 Å². The number of hydrogen-bond donors (Lipinski definition) is 2. The molecule has 2 N–H and O–H groups in total. The third-order valence-electron chi connectivity index (χ3n) is 4.38. The summed E-state index contributed by atoms with van der Waals surface area (Å²) in [6.45, 7) is 2.66. The molecule has 0 bridgehead atoms. The second-order valence-electron chi connectivity index (χ2n) is 6.29. The Morgan fingerprint density at radius 1 is 1.12 bits per heavy atom. The smallest absolute Gasteiger partial charge is 0.251 e. The maximum Gasteiger partial charge on any atom is 0.251 e. The number of benzene rings is 2. The van der Waals surface area contributed by atoms with Gasteiger partial charge in [0.2, 0.25) is 5.91 Å². The first-order valence-corrected chi connectivity index (χ1v) is 8.91. The summed E-state index contributed by atoms with van der Waals surface area (Å²) >= 11 is 6.20. The van der Waals surface area contributed by atoms with E-state index in [9.17, 15) is 9.59 Å². The van der Waals surface area contributed by atoms with Crippen molar-refractivity contribution in [1.82, 2.24) is 5.32 Å². The van der Waals surface area contributed by atoms with E-state index in [4.69, 9.17) is 11.6 Å². The number of nitrogens with one attached hydrogen (secondary N) is 2. The molecule has 0 radical (unpaired) electrons. The van der Waals surface area contributed by atoms with Crippen LogP contribution in [0, 0.1) is 5.92 Å². The van der Waals surface area contributed by atoms with Crippen LogP contribution in [0.3, 0.4) is 0 Å². The zero-order valence-electron chi connectivity index (χ0n) is 14.1. The monoisotopic (exact) mass is 356 g/mol. The van der Waals surface area contributed by atoms with Gasteiger partial charge in [-0.05, 0) is 54.7 Å². The average molecular weight is 357 g/mol. The quantitative estimate of drug-likeness (QED) is 0.814. The third kappa shape index (κ3) is 4.20. The molecule has 2 aromatic rings. The van der Waals surface area contributed by atoms with E-state index in [1.807, 2.05) is 31.2 Å². The van der Waals surface area contributed by atoms with Crippen molar-refractivity contribution < 1.29 is 9.59 Å². The number of rotatable bonds is 6. The van der Waals surface area contributed by atoms with E-state index >= 15 is 0 Å². The Hall–Kier alpha value is -2.33. The standard InChI is InChI=1S/C20H21ClN2O2/c1-2-11-22-19(24)13-7-9-14(10-8-13)23-20(25)17-12-16(17)15-5-3-4-6-18(15)21/h3-10,16-17H,2,11-12H2,1H3,(H,22,24)(H,23,25). The summed E-state index contributed by atoms with van der Waals surface area (Å²) < 4.78 is 0. The fourth-order valence-electron chi connectivity index (χ4n) is 2.88. The Labute approximate surface area is 152 Å². The molecule has 3 rings (SSSR count). The molecule has 2 aromatic carbocycles. The molecule has 4 nitrogen and oxygen atoms in total. The third-order valence-corrected chi connectivity index (χ3v) is 4.73. The Bertz CT molecular complexity index is 774. The minimum Gasteiger partial charge on any atom is -0.352 e. The van der Waals surface area contributed by atoms with Gasteiger partial charge in [-0.3, -0.25) is 9.59 Å². The van der Waals surface area contributed by atoms with Gasteiger partial charge in [0, 0.05) is 28.7 Å². The predicted molar refractivity (Wildman–Crippen MR) is 100.0 cm³/mol. The van der Waals surface area contributed by atoms with Crippen molar-refractivity contribution in [3.05, 3.63) is 64.7 Å². The van der Waals surface area contributed by atoms with Gasteiger partial charge < -0.3 is 10.6 Å². The highest BCUT2D eigenvalue weighted by Crippen LogP contribution is 2.49. The van der Waals surface area contributed by atoms with Gasteiger partial charge in [-0.25, -0.2) is 0 Å². The molecule has 0 heterocycles. The molecule has 0 spiro atoms. The highest BCUT2D eigenvalue weighted by Gasteiger charge is 2.44. The summed E-state index contributed by atoms with van der Waals surface area (Å²) in [6, 6.07) is 14.6. The van der Waals surface area contributed by atoms with Gasteiger partial charge in [0.25, 0.3) is 5.91 Å². The maximum absolute atomic E-state index is 12.4. The van der Waals surface area contributed by atoms with Crippen LogP contribution in [-0.2, 0) is 4.79 Å². The van der Waals surface area contributed by atoms with E-state index in [1.54, 1.807) is 24.3 Å².